The first-order valence-electron chi connectivity index (χ1n) is 3.49. The van der Waals surface area contributed by atoms with Crippen molar-refractivity contribution < 1.29 is 14.6 Å². The number of carbonyl (C=O) groups excluding carboxylic acids is 1. The van der Waals surface area contributed by atoms with E-state index in [-0.39, 0.29) is 12.6 Å². The maximum absolute atomic E-state index is 10.5. The Bertz CT molecular complexity index is 143. The molecule has 11 heavy (non-hydrogen) atoms. The molecule has 64 valence electrons. The van der Waals surface area contributed by atoms with Gasteiger partial charge in [0.05, 0.1) is 19.3 Å². The summed E-state index contributed by atoms with van der Waals surface area (Å²) in [5.41, 5.74) is 4.99. The molecule has 1 amide bonds. The van der Waals surface area contributed by atoms with Crippen LogP contribution in [0, 0.1) is 0 Å². The molecule has 0 aromatic carbocycles. The summed E-state index contributed by atoms with van der Waals surface area (Å²) in [5.74, 6) is -0.464. The van der Waals surface area contributed by atoms with E-state index < -0.39 is 12.0 Å². The Morgan fingerprint density at radius 1 is 1.82 bits per heavy atom. The molecule has 0 aromatic heterocycles. The molecule has 0 aromatic rings. The van der Waals surface area contributed by atoms with Crippen molar-refractivity contribution in [1.29, 1.82) is 0 Å². The summed E-state index contributed by atoms with van der Waals surface area (Å²) < 4.78 is 5.05. The van der Waals surface area contributed by atoms with E-state index in [0.29, 0.717) is 13.2 Å². The monoisotopic (exact) mass is 160 g/mol. The molecule has 5 nitrogen and oxygen atoms in total. The summed E-state index contributed by atoms with van der Waals surface area (Å²) in [6.07, 6.45) is -0.544. The molecule has 0 aliphatic carbocycles. The second-order valence-electron chi connectivity index (χ2n) is 2.51. The fourth-order valence-corrected chi connectivity index (χ4v) is 0.924. The molecule has 0 unspecified atom stereocenters. The highest BCUT2D eigenvalue weighted by molar-refractivity contribution is 5.79. The number of ether oxygens (including phenoxy) is 1. The first kappa shape index (κ1) is 8.45. The first-order valence-corrected chi connectivity index (χ1v) is 3.49. The summed E-state index contributed by atoms with van der Waals surface area (Å²) in [6.45, 7) is 0.746. The number of morpholine rings is 1. The van der Waals surface area contributed by atoms with Gasteiger partial charge in [-0.3, -0.25) is 4.79 Å². The van der Waals surface area contributed by atoms with Crippen molar-refractivity contribution >= 4 is 5.91 Å². The van der Waals surface area contributed by atoms with Gasteiger partial charge in [0.1, 0.15) is 6.10 Å². The van der Waals surface area contributed by atoms with Gasteiger partial charge in [0.15, 0.2) is 0 Å². The minimum Gasteiger partial charge on any atom is -0.395 e. The number of aliphatic hydroxyl groups excluding tert-OH is 1. The van der Waals surface area contributed by atoms with Crippen LogP contribution in [0.4, 0.5) is 0 Å². The Morgan fingerprint density at radius 2 is 2.55 bits per heavy atom. The molecule has 1 rings (SSSR count). The topological polar surface area (TPSA) is 84.6 Å². The molecule has 4 N–H and O–H groups in total. The van der Waals surface area contributed by atoms with Gasteiger partial charge in [0, 0.05) is 6.54 Å². The van der Waals surface area contributed by atoms with Crippen molar-refractivity contribution in [3.05, 3.63) is 0 Å². The van der Waals surface area contributed by atoms with Crippen LogP contribution >= 0.6 is 0 Å². The highest BCUT2D eigenvalue weighted by atomic mass is 16.5. The van der Waals surface area contributed by atoms with E-state index in [1.54, 1.807) is 0 Å². The van der Waals surface area contributed by atoms with Gasteiger partial charge < -0.3 is 20.9 Å². The maximum Gasteiger partial charge on any atom is 0.247 e. The van der Waals surface area contributed by atoms with E-state index in [0.717, 1.165) is 0 Å². The lowest BCUT2D eigenvalue weighted by molar-refractivity contribution is -0.132. The predicted octanol–water partition coefficient (Wildman–Crippen LogP) is -2.18. The van der Waals surface area contributed by atoms with E-state index in [9.17, 15) is 4.79 Å². The third kappa shape index (κ3) is 2.14. The van der Waals surface area contributed by atoms with Gasteiger partial charge in [-0.1, -0.05) is 0 Å². The minimum absolute atomic E-state index is 0.0193. The third-order valence-corrected chi connectivity index (χ3v) is 1.63. The largest absolute Gasteiger partial charge is 0.395 e. The molecule has 1 aliphatic heterocycles. The Morgan fingerprint density at radius 3 is 2.91 bits per heavy atom. The standard InChI is InChI=1S/C6H12N2O3/c7-6(10)5-1-8-4(2-9)3-11-5/h4-5,8-9H,1-3H2,(H2,7,10)/t4-,5+/m1/s1. The van der Waals surface area contributed by atoms with Crippen molar-refractivity contribution in [2.24, 2.45) is 5.73 Å². The summed E-state index contributed by atoms with van der Waals surface area (Å²) in [4.78, 5) is 10.5. The number of amides is 1. The fraction of sp³-hybridized carbons (Fsp3) is 0.833. The van der Waals surface area contributed by atoms with Gasteiger partial charge in [0.2, 0.25) is 5.91 Å². The van der Waals surface area contributed by atoms with Crippen molar-refractivity contribution in [3.63, 3.8) is 0 Å². The van der Waals surface area contributed by atoms with Crippen molar-refractivity contribution in [2.45, 2.75) is 12.1 Å². The quantitative estimate of drug-likeness (QED) is 0.429. The van der Waals surface area contributed by atoms with Crippen LogP contribution in [-0.4, -0.2) is 42.9 Å². The maximum atomic E-state index is 10.5. The van der Waals surface area contributed by atoms with E-state index in [1.807, 2.05) is 0 Å². The van der Waals surface area contributed by atoms with Gasteiger partial charge >= 0.3 is 0 Å². The molecular weight excluding hydrogens is 148 g/mol. The molecule has 5 heteroatoms. The van der Waals surface area contributed by atoms with Gasteiger partial charge in [-0.25, -0.2) is 0 Å². The molecule has 0 spiro atoms. The van der Waals surface area contributed by atoms with Crippen LogP contribution in [0.1, 0.15) is 0 Å². The Kier molecular flexibility index (Phi) is 2.81. The van der Waals surface area contributed by atoms with E-state index in [4.69, 9.17) is 15.6 Å². The molecule has 1 aliphatic rings. The van der Waals surface area contributed by atoms with Crippen LogP contribution in [-0.2, 0) is 9.53 Å². The lowest BCUT2D eigenvalue weighted by Crippen LogP contribution is -2.52. The summed E-state index contributed by atoms with van der Waals surface area (Å²) in [7, 11) is 0. The normalized spacial score (nSPS) is 31.7. The molecule has 0 bridgehead atoms. The Labute approximate surface area is 64.5 Å². The second-order valence-corrected chi connectivity index (χ2v) is 2.51. The van der Waals surface area contributed by atoms with Crippen LogP contribution in [0.25, 0.3) is 0 Å². The lowest BCUT2D eigenvalue weighted by atomic mass is 10.2. The number of rotatable bonds is 2. The molecule has 1 fully saturated rings. The lowest BCUT2D eigenvalue weighted by Gasteiger charge is -2.27. The van der Waals surface area contributed by atoms with Gasteiger partial charge in [0.25, 0.3) is 0 Å². The van der Waals surface area contributed by atoms with Gasteiger partial charge in [-0.05, 0) is 0 Å². The van der Waals surface area contributed by atoms with E-state index in [1.165, 1.54) is 0 Å². The zero-order chi connectivity index (χ0) is 8.27. The number of nitrogens with one attached hydrogen (secondary N) is 1. The van der Waals surface area contributed by atoms with Crippen molar-refractivity contribution in [2.75, 3.05) is 19.8 Å². The minimum atomic E-state index is -0.544. The number of hydrogen-bond donors (Lipinski definition) is 3. The average molecular weight is 160 g/mol. The number of hydrogen-bond acceptors (Lipinski definition) is 4. The van der Waals surface area contributed by atoms with Gasteiger partial charge in [-0.15, -0.1) is 0 Å². The predicted molar refractivity (Wildman–Crippen MR) is 37.8 cm³/mol. The smallest absolute Gasteiger partial charge is 0.247 e. The van der Waals surface area contributed by atoms with Gasteiger partial charge in [-0.2, -0.15) is 0 Å². The molecule has 0 radical (unpaired) electrons. The van der Waals surface area contributed by atoms with Crippen LogP contribution in [0.5, 0.6) is 0 Å². The number of nitrogens with two attached hydrogens (primary N) is 1. The molecule has 1 saturated heterocycles. The second kappa shape index (κ2) is 3.66. The molecule has 0 saturated carbocycles. The summed E-state index contributed by atoms with van der Waals surface area (Å²) in [5, 5.41) is 11.6. The van der Waals surface area contributed by atoms with Crippen molar-refractivity contribution in [1.82, 2.24) is 5.32 Å². The SMILES string of the molecule is NC(=O)[C@@H]1CN[C@H](CO)CO1. The summed E-state index contributed by atoms with van der Waals surface area (Å²) in [6, 6.07) is -0.0643. The van der Waals surface area contributed by atoms with Crippen LogP contribution in [0.15, 0.2) is 0 Å². The van der Waals surface area contributed by atoms with Crippen LogP contribution in [0.3, 0.4) is 0 Å². The molecular formula is C6H12N2O3. The molecule has 2 atom stereocenters. The number of aliphatic hydroxyl groups is 1. The summed E-state index contributed by atoms with van der Waals surface area (Å²) >= 11 is 0. The zero-order valence-corrected chi connectivity index (χ0v) is 6.12. The van der Waals surface area contributed by atoms with E-state index in [2.05, 4.69) is 5.32 Å². The third-order valence-electron chi connectivity index (χ3n) is 1.63. The Hall–Kier alpha value is -0.650. The average Bonchev–Trinajstić information content (AvgIpc) is 2.05. The Balaban J connectivity index is 2.30. The zero-order valence-electron chi connectivity index (χ0n) is 6.12. The van der Waals surface area contributed by atoms with Crippen molar-refractivity contribution in [3.8, 4) is 0 Å². The van der Waals surface area contributed by atoms with E-state index >= 15 is 0 Å². The highest BCUT2D eigenvalue weighted by Crippen LogP contribution is 1.99. The number of primary amides is 1. The molecule has 1 heterocycles. The number of carbonyl (C=O) groups is 1. The fourth-order valence-electron chi connectivity index (χ4n) is 0.924. The van der Waals surface area contributed by atoms with Crippen LogP contribution in [0.2, 0.25) is 0 Å². The highest BCUT2D eigenvalue weighted by Gasteiger charge is 2.23. The van der Waals surface area contributed by atoms with Crippen LogP contribution < -0.4 is 11.1 Å². The first-order chi connectivity index (χ1) is 5.24.